The summed E-state index contributed by atoms with van der Waals surface area (Å²) < 4.78 is 5.25. The smallest absolute Gasteiger partial charge is 0.348 e. The molecule has 0 spiro atoms. The van der Waals surface area contributed by atoms with Gasteiger partial charge >= 0.3 is 5.97 Å². The molecule has 0 aromatic carbocycles. The number of hydrogen-bond donors (Lipinski definition) is 2. The fourth-order valence-electron chi connectivity index (χ4n) is 1.18. The minimum atomic E-state index is -0.618. The zero-order valence-electron chi connectivity index (χ0n) is 10.9. The number of thiophene rings is 1. The number of carbonyl (C=O) groups excluding carboxylic acids is 3. The van der Waals surface area contributed by atoms with Gasteiger partial charge in [0.1, 0.15) is 4.88 Å². The molecular weight excluding hydrogens is 304 g/mol. The summed E-state index contributed by atoms with van der Waals surface area (Å²) in [4.78, 5) is 34.4. The average Bonchev–Trinajstić information content (AvgIpc) is 2.86. The van der Waals surface area contributed by atoms with Crippen LogP contribution < -0.4 is 10.6 Å². The van der Waals surface area contributed by atoms with E-state index in [1.54, 1.807) is 6.07 Å². The lowest BCUT2D eigenvalue weighted by molar-refractivity contribution is -0.127. The molecule has 20 heavy (non-hydrogen) atoms. The van der Waals surface area contributed by atoms with Crippen molar-refractivity contribution in [2.75, 3.05) is 19.7 Å². The molecule has 0 aliphatic heterocycles. The van der Waals surface area contributed by atoms with Gasteiger partial charge in [0, 0.05) is 6.54 Å². The molecule has 1 rings (SSSR count). The first-order chi connectivity index (χ1) is 9.52. The monoisotopic (exact) mass is 318 g/mol. The van der Waals surface area contributed by atoms with Gasteiger partial charge in [-0.25, -0.2) is 4.79 Å². The number of ether oxygens (including phenoxy) is 1. The minimum Gasteiger partial charge on any atom is -0.451 e. The quantitative estimate of drug-likeness (QED) is 0.740. The molecule has 0 saturated carbocycles. The van der Waals surface area contributed by atoms with Crippen molar-refractivity contribution in [1.29, 1.82) is 0 Å². The fourth-order valence-corrected chi connectivity index (χ4v) is 2.12. The Kier molecular flexibility index (Phi) is 7.03. The van der Waals surface area contributed by atoms with Crippen molar-refractivity contribution in [3.8, 4) is 0 Å². The standard InChI is InChI=1S/C12H15ClN2O4S/c1-2-5-14-10(16)6-15-11(17)7-19-12(18)8-3-4-9(13)20-8/h3-4H,2,5-7H2,1H3,(H,14,16)(H,15,17). The number of nitrogens with one attached hydrogen (secondary N) is 2. The van der Waals surface area contributed by atoms with Crippen LogP contribution in [-0.4, -0.2) is 37.5 Å². The Morgan fingerprint density at radius 2 is 2.00 bits per heavy atom. The Labute approximate surface area is 125 Å². The summed E-state index contributed by atoms with van der Waals surface area (Å²) in [6.45, 7) is 1.91. The van der Waals surface area contributed by atoms with E-state index in [1.165, 1.54) is 6.07 Å². The zero-order chi connectivity index (χ0) is 15.0. The van der Waals surface area contributed by atoms with Gasteiger partial charge in [-0.15, -0.1) is 11.3 Å². The lowest BCUT2D eigenvalue weighted by atomic mass is 10.4. The topological polar surface area (TPSA) is 84.5 Å². The molecule has 0 fully saturated rings. The lowest BCUT2D eigenvalue weighted by Crippen LogP contribution is -2.38. The molecular formula is C12H15ClN2O4S. The summed E-state index contributed by atoms with van der Waals surface area (Å²) in [6.07, 6.45) is 0.820. The van der Waals surface area contributed by atoms with Crippen LogP contribution in [0.25, 0.3) is 0 Å². The van der Waals surface area contributed by atoms with Gasteiger partial charge in [0.2, 0.25) is 5.91 Å². The molecule has 2 N–H and O–H groups in total. The minimum absolute atomic E-state index is 0.138. The van der Waals surface area contributed by atoms with Gasteiger partial charge in [0.15, 0.2) is 6.61 Å². The van der Waals surface area contributed by atoms with Crippen molar-refractivity contribution in [3.05, 3.63) is 21.3 Å². The molecule has 8 heteroatoms. The van der Waals surface area contributed by atoms with E-state index >= 15 is 0 Å². The van der Waals surface area contributed by atoms with Crippen LogP contribution in [0.2, 0.25) is 4.34 Å². The van der Waals surface area contributed by atoms with Crippen molar-refractivity contribution in [2.45, 2.75) is 13.3 Å². The van der Waals surface area contributed by atoms with Crippen LogP contribution >= 0.6 is 22.9 Å². The SMILES string of the molecule is CCCNC(=O)CNC(=O)COC(=O)c1ccc(Cl)s1. The maximum Gasteiger partial charge on any atom is 0.348 e. The van der Waals surface area contributed by atoms with Crippen LogP contribution in [0.15, 0.2) is 12.1 Å². The molecule has 0 aliphatic rings. The number of halogens is 1. The molecule has 6 nitrogen and oxygen atoms in total. The van der Waals surface area contributed by atoms with Crippen LogP contribution in [0.5, 0.6) is 0 Å². The number of amides is 2. The molecule has 1 aromatic rings. The summed E-state index contributed by atoms with van der Waals surface area (Å²) in [5.74, 6) is -1.43. The van der Waals surface area contributed by atoms with E-state index in [9.17, 15) is 14.4 Å². The molecule has 110 valence electrons. The third kappa shape index (κ3) is 6.03. The Bertz CT molecular complexity index is 490. The molecule has 0 atom stereocenters. The van der Waals surface area contributed by atoms with Crippen molar-refractivity contribution < 1.29 is 19.1 Å². The van der Waals surface area contributed by atoms with E-state index in [-0.39, 0.29) is 12.5 Å². The Morgan fingerprint density at radius 3 is 2.60 bits per heavy atom. The molecule has 1 heterocycles. The molecule has 0 radical (unpaired) electrons. The maximum atomic E-state index is 11.5. The largest absolute Gasteiger partial charge is 0.451 e. The van der Waals surface area contributed by atoms with Crippen molar-refractivity contribution >= 4 is 40.7 Å². The number of carbonyl (C=O) groups is 3. The van der Waals surface area contributed by atoms with Crippen molar-refractivity contribution in [2.24, 2.45) is 0 Å². The van der Waals surface area contributed by atoms with Crippen LogP contribution in [0.4, 0.5) is 0 Å². The van der Waals surface area contributed by atoms with Gasteiger partial charge in [-0.2, -0.15) is 0 Å². The maximum absolute atomic E-state index is 11.5. The second-order valence-electron chi connectivity index (χ2n) is 3.81. The average molecular weight is 319 g/mol. The van der Waals surface area contributed by atoms with E-state index in [0.29, 0.717) is 15.8 Å². The fraction of sp³-hybridized carbons (Fsp3) is 0.417. The van der Waals surface area contributed by atoms with E-state index in [4.69, 9.17) is 16.3 Å². The molecule has 0 bridgehead atoms. The predicted molar refractivity (Wildman–Crippen MR) is 75.9 cm³/mol. The van der Waals surface area contributed by atoms with Gasteiger partial charge in [0.05, 0.1) is 10.9 Å². The van der Waals surface area contributed by atoms with Crippen molar-refractivity contribution in [1.82, 2.24) is 10.6 Å². The summed E-state index contributed by atoms with van der Waals surface area (Å²) in [5.41, 5.74) is 0. The van der Waals surface area contributed by atoms with Gasteiger partial charge in [-0.1, -0.05) is 18.5 Å². The second-order valence-corrected chi connectivity index (χ2v) is 5.52. The van der Waals surface area contributed by atoms with Gasteiger partial charge in [-0.05, 0) is 18.6 Å². The number of hydrogen-bond acceptors (Lipinski definition) is 5. The molecule has 0 unspecified atom stereocenters. The van der Waals surface area contributed by atoms with Gasteiger partial charge in [0.25, 0.3) is 5.91 Å². The van der Waals surface area contributed by atoms with Crippen LogP contribution in [0.1, 0.15) is 23.0 Å². The van der Waals surface area contributed by atoms with Crippen LogP contribution in [-0.2, 0) is 14.3 Å². The Hall–Kier alpha value is -1.60. The summed E-state index contributed by atoms with van der Waals surface area (Å²) in [7, 11) is 0. The highest BCUT2D eigenvalue weighted by atomic mass is 35.5. The molecule has 0 aliphatic carbocycles. The van der Waals surface area contributed by atoms with Crippen LogP contribution in [0, 0.1) is 0 Å². The highest BCUT2D eigenvalue weighted by Gasteiger charge is 2.12. The van der Waals surface area contributed by atoms with E-state index < -0.39 is 18.5 Å². The Balaban J connectivity index is 2.23. The first-order valence-corrected chi connectivity index (χ1v) is 7.18. The van der Waals surface area contributed by atoms with E-state index in [0.717, 1.165) is 17.8 Å². The lowest BCUT2D eigenvalue weighted by Gasteiger charge is -2.06. The van der Waals surface area contributed by atoms with Gasteiger partial charge < -0.3 is 15.4 Å². The predicted octanol–water partition coefficient (Wildman–Crippen LogP) is 1.20. The third-order valence-electron chi connectivity index (χ3n) is 2.13. The second kappa shape index (κ2) is 8.55. The zero-order valence-corrected chi connectivity index (χ0v) is 12.5. The van der Waals surface area contributed by atoms with E-state index in [2.05, 4.69) is 10.6 Å². The highest BCUT2D eigenvalue weighted by molar-refractivity contribution is 7.17. The summed E-state index contributed by atoms with van der Waals surface area (Å²) >= 11 is 6.75. The van der Waals surface area contributed by atoms with Gasteiger partial charge in [-0.3, -0.25) is 9.59 Å². The third-order valence-corrected chi connectivity index (χ3v) is 3.34. The first kappa shape index (κ1) is 16.5. The van der Waals surface area contributed by atoms with Crippen molar-refractivity contribution in [3.63, 3.8) is 0 Å². The first-order valence-electron chi connectivity index (χ1n) is 5.98. The number of esters is 1. The highest BCUT2D eigenvalue weighted by Crippen LogP contribution is 2.21. The summed E-state index contributed by atoms with van der Waals surface area (Å²) in [5, 5.41) is 4.96. The molecule has 2 amide bonds. The molecule has 1 aromatic heterocycles. The Morgan fingerprint density at radius 1 is 1.25 bits per heavy atom. The molecule has 0 saturated heterocycles. The summed E-state index contributed by atoms with van der Waals surface area (Å²) in [6, 6.07) is 3.09. The number of rotatable bonds is 7. The normalized spacial score (nSPS) is 9.90. The van der Waals surface area contributed by atoms with Crippen LogP contribution in [0.3, 0.4) is 0 Å². The van der Waals surface area contributed by atoms with E-state index in [1.807, 2.05) is 6.92 Å².